The van der Waals surface area contributed by atoms with E-state index in [4.69, 9.17) is 10.2 Å². The van der Waals surface area contributed by atoms with Crippen LogP contribution < -0.4 is 10.6 Å². The zero-order valence-electron chi connectivity index (χ0n) is 11.3. The van der Waals surface area contributed by atoms with Crippen molar-refractivity contribution in [1.29, 1.82) is 0 Å². The number of nitrogens with zero attached hydrogens (tertiary/aromatic N) is 3. The average molecular weight is 351 g/mol. The fourth-order valence-electron chi connectivity index (χ4n) is 2.37. The summed E-state index contributed by atoms with van der Waals surface area (Å²) in [5, 5.41) is 0. The molecule has 110 valence electrons. The molecule has 0 bridgehead atoms. The third-order valence-electron chi connectivity index (χ3n) is 3.55. The minimum Gasteiger partial charge on any atom is -0.457 e. The van der Waals surface area contributed by atoms with Gasteiger partial charge in [0.25, 0.3) is 5.91 Å². The highest BCUT2D eigenvalue weighted by Gasteiger charge is 2.24. The zero-order chi connectivity index (χ0) is 14.8. The van der Waals surface area contributed by atoms with Crippen LogP contribution in [0.4, 0.5) is 11.5 Å². The van der Waals surface area contributed by atoms with E-state index in [-0.39, 0.29) is 5.91 Å². The number of nitrogen functional groups attached to an aromatic ring is 1. The first-order valence-corrected chi connectivity index (χ1v) is 7.43. The van der Waals surface area contributed by atoms with Gasteiger partial charge in [-0.05, 0) is 34.1 Å². The van der Waals surface area contributed by atoms with Crippen molar-refractivity contribution in [2.45, 2.75) is 0 Å². The Bertz CT molecular complexity index is 633. The van der Waals surface area contributed by atoms with E-state index < -0.39 is 0 Å². The van der Waals surface area contributed by atoms with E-state index in [1.165, 1.54) is 6.26 Å². The molecule has 21 heavy (non-hydrogen) atoms. The minimum atomic E-state index is -0.00861. The SMILES string of the molecule is Nc1ccc(N2CCN(C(=O)c3ccoc3Br)CC2)cn1. The Hall–Kier alpha value is -2.02. The van der Waals surface area contributed by atoms with E-state index >= 15 is 0 Å². The van der Waals surface area contributed by atoms with E-state index in [1.54, 1.807) is 18.3 Å². The number of amides is 1. The van der Waals surface area contributed by atoms with Crippen molar-refractivity contribution in [3.63, 3.8) is 0 Å². The molecule has 7 heteroatoms. The van der Waals surface area contributed by atoms with Crippen molar-refractivity contribution in [3.05, 3.63) is 40.9 Å². The number of furan rings is 1. The lowest BCUT2D eigenvalue weighted by Gasteiger charge is -2.35. The highest BCUT2D eigenvalue weighted by Crippen LogP contribution is 2.21. The Kier molecular flexibility index (Phi) is 3.83. The van der Waals surface area contributed by atoms with Crippen LogP contribution in [0.2, 0.25) is 0 Å². The van der Waals surface area contributed by atoms with Crippen molar-refractivity contribution in [2.24, 2.45) is 0 Å². The maximum absolute atomic E-state index is 12.4. The second-order valence-corrected chi connectivity index (χ2v) is 5.55. The number of piperazine rings is 1. The molecule has 1 fully saturated rings. The molecule has 3 rings (SSSR count). The van der Waals surface area contributed by atoms with Gasteiger partial charge in [0.2, 0.25) is 0 Å². The van der Waals surface area contributed by atoms with Gasteiger partial charge in [0.1, 0.15) is 5.82 Å². The first kappa shape index (κ1) is 13.9. The van der Waals surface area contributed by atoms with Gasteiger partial charge in [0, 0.05) is 26.2 Å². The number of halogens is 1. The summed E-state index contributed by atoms with van der Waals surface area (Å²) in [5.41, 5.74) is 7.19. The van der Waals surface area contributed by atoms with Crippen LogP contribution in [-0.2, 0) is 0 Å². The van der Waals surface area contributed by atoms with Crippen LogP contribution >= 0.6 is 15.9 Å². The highest BCUT2D eigenvalue weighted by molar-refractivity contribution is 9.10. The lowest BCUT2D eigenvalue weighted by molar-refractivity contribution is 0.0745. The predicted molar refractivity (Wildman–Crippen MR) is 83.2 cm³/mol. The summed E-state index contributed by atoms with van der Waals surface area (Å²) >= 11 is 3.24. The molecule has 6 nitrogen and oxygen atoms in total. The molecule has 2 aromatic rings. The summed E-state index contributed by atoms with van der Waals surface area (Å²) in [6.45, 7) is 2.88. The molecule has 1 saturated heterocycles. The average Bonchev–Trinajstić information content (AvgIpc) is 2.94. The Balaban J connectivity index is 1.64. The molecule has 0 saturated carbocycles. The summed E-state index contributed by atoms with van der Waals surface area (Å²) in [5.74, 6) is 0.503. The maximum Gasteiger partial charge on any atom is 0.258 e. The molecule has 1 aliphatic heterocycles. The number of hydrogen-bond donors (Lipinski definition) is 1. The van der Waals surface area contributed by atoms with E-state index in [2.05, 4.69) is 25.8 Å². The van der Waals surface area contributed by atoms with Crippen LogP contribution in [0.25, 0.3) is 0 Å². The summed E-state index contributed by atoms with van der Waals surface area (Å²) in [6, 6.07) is 5.42. The number of rotatable bonds is 2. The van der Waals surface area contributed by atoms with E-state index in [0.29, 0.717) is 29.1 Å². The molecule has 0 aliphatic carbocycles. The number of nitrogens with two attached hydrogens (primary N) is 1. The van der Waals surface area contributed by atoms with Crippen LogP contribution in [-0.4, -0.2) is 42.0 Å². The van der Waals surface area contributed by atoms with Crippen molar-refractivity contribution < 1.29 is 9.21 Å². The van der Waals surface area contributed by atoms with Gasteiger partial charge in [-0.1, -0.05) is 0 Å². The molecule has 0 spiro atoms. The Morgan fingerprint density at radius 3 is 2.57 bits per heavy atom. The number of pyridine rings is 1. The summed E-state index contributed by atoms with van der Waals surface area (Å²) < 4.78 is 5.60. The number of anilines is 2. The standard InChI is InChI=1S/C14H15BrN4O2/c15-13-11(3-8-21-13)14(20)19-6-4-18(5-7-19)10-1-2-12(16)17-9-10/h1-3,8-9H,4-7H2,(H2,16,17). The number of aromatic nitrogens is 1. The van der Waals surface area contributed by atoms with Crippen LogP contribution in [0.3, 0.4) is 0 Å². The number of carbonyl (C=O) groups excluding carboxylic acids is 1. The fourth-order valence-corrected chi connectivity index (χ4v) is 2.78. The van der Waals surface area contributed by atoms with Crippen LogP contribution in [0.5, 0.6) is 0 Å². The second-order valence-electron chi connectivity index (χ2n) is 4.83. The van der Waals surface area contributed by atoms with Gasteiger partial charge in [-0.15, -0.1) is 0 Å². The first-order chi connectivity index (χ1) is 10.1. The fraction of sp³-hybridized carbons (Fsp3) is 0.286. The van der Waals surface area contributed by atoms with Gasteiger partial charge in [0.05, 0.1) is 23.7 Å². The molecule has 1 aliphatic rings. The topological polar surface area (TPSA) is 75.6 Å². The molecular formula is C14H15BrN4O2. The van der Waals surface area contributed by atoms with E-state index in [1.807, 2.05) is 11.0 Å². The lowest BCUT2D eigenvalue weighted by atomic mass is 10.2. The van der Waals surface area contributed by atoms with Gasteiger partial charge in [-0.3, -0.25) is 4.79 Å². The monoisotopic (exact) mass is 350 g/mol. The van der Waals surface area contributed by atoms with Crippen molar-refractivity contribution in [1.82, 2.24) is 9.88 Å². The van der Waals surface area contributed by atoms with Crippen molar-refractivity contribution >= 4 is 33.3 Å². The zero-order valence-corrected chi connectivity index (χ0v) is 12.9. The van der Waals surface area contributed by atoms with Gasteiger partial charge in [-0.2, -0.15) is 0 Å². The van der Waals surface area contributed by atoms with Crippen molar-refractivity contribution in [3.8, 4) is 0 Å². The Morgan fingerprint density at radius 2 is 2.00 bits per heavy atom. The summed E-state index contributed by atoms with van der Waals surface area (Å²) in [6.07, 6.45) is 3.27. The third kappa shape index (κ3) is 2.87. The normalized spacial score (nSPS) is 15.3. The van der Waals surface area contributed by atoms with Gasteiger partial charge in [0.15, 0.2) is 4.67 Å². The molecule has 2 aromatic heterocycles. The summed E-state index contributed by atoms with van der Waals surface area (Å²) in [7, 11) is 0. The molecular weight excluding hydrogens is 336 g/mol. The van der Waals surface area contributed by atoms with Crippen molar-refractivity contribution in [2.75, 3.05) is 36.8 Å². The molecule has 3 heterocycles. The van der Waals surface area contributed by atoms with E-state index in [9.17, 15) is 4.79 Å². The van der Waals surface area contributed by atoms with Crippen LogP contribution in [0.15, 0.2) is 39.7 Å². The quantitative estimate of drug-likeness (QED) is 0.896. The number of carbonyl (C=O) groups is 1. The molecule has 0 unspecified atom stereocenters. The predicted octanol–water partition coefficient (Wildman–Crippen LogP) is 1.98. The smallest absolute Gasteiger partial charge is 0.258 e. The Morgan fingerprint density at radius 1 is 1.24 bits per heavy atom. The first-order valence-electron chi connectivity index (χ1n) is 6.64. The molecule has 0 aromatic carbocycles. The molecule has 1 amide bonds. The van der Waals surface area contributed by atoms with Crippen LogP contribution in [0, 0.1) is 0 Å². The van der Waals surface area contributed by atoms with E-state index in [0.717, 1.165) is 18.8 Å². The molecule has 0 radical (unpaired) electrons. The molecule has 2 N–H and O–H groups in total. The third-order valence-corrected chi connectivity index (χ3v) is 4.17. The number of hydrogen-bond acceptors (Lipinski definition) is 5. The van der Waals surface area contributed by atoms with Gasteiger partial charge >= 0.3 is 0 Å². The van der Waals surface area contributed by atoms with Crippen LogP contribution in [0.1, 0.15) is 10.4 Å². The summed E-state index contributed by atoms with van der Waals surface area (Å²) in [4.78, 5) is 20.5. The van der Waals surface area contributed by atoms with Gasteiger partial charge < -0.3 is 20.0 Å². The maximum atomic E-state index is 12.4. The minimum absolute atomic E-state index is 0.00861. The van der Waals surface area contributed by atoms with Gasteiger partial charge in [-0.25, -0.2) is 4.98 Å². The second kappa shape index (κ2) is 5.77. The largest absolute Gasteiger partial charge is 0.457 e. The lowest BCUT2D eigenvalue weighted by Crippen LogP contribution is -2.48. The molecule has 0 atom stereocenters. The highest BCUT2D eigenvalue weighted by atomic mass is 79.9. The Labute approximate surface area is 130 Å².